The number of hydrogen-bond acceptors (Lipinski definition) is 3. The summed E-state index contributed by atoms with van der Waals surface area (Å²) in [6.45, 7) is 5.96. The molecule has 0 rings (SSSR count). The highest BCUT2D eigenvalue weighted by atomic mass is 16.5. The van der Waals surface area contributed by atoms with Crippen LogP contribution in [0.1, 0.15) is 27.2 Å². The van der Waals surface area contributed by atoms with Gasteiger partial charge in [-0.05, 0) is 11.8 Å². The molecule has 0 saturated heterocycles. The minimum Gasteiger partial charge on any atom is -0.468 e. The second-order valence-electron chi connectivity index (χ2n) is 3.97. The largest absolute Gasteiger partial charge is 0.468 e. The zero-order valence-corrected chi connectivity index (χ0v) is 8.05. The van der Waals surface area contributed by atoms with E-state index in [-0.39, 0.29) is 5.41 Å². The van der Waals surface area contributed by atoms with E-state index in [1.165, 1.54) is 7.11 Å². The summed E-state index contributed by atoms with van der Waals surface area (Å²) in [5.74, 6) is -1.07. The van der Waals surface area contributed by atoms with E-state index >= 15 is 0 Å². The molecule has 0 aromatic rings. The van der Waals surface area contributed by atoms with Crippen molar-refractivity contribution in [2.24, 2.45) is 11.3 Å². The van der Waals surface area contributed by atoms with Crippen LogP contribution in [0.15, 0.2) is 0 Å². The highest BCUT2D eigenvalue weighted by Crippen LogP contribution is 2.24. The standard InChI is InChI=1S/C9H15NO2/c1-9(2,3)5-7(6-10)8(11)12-4/h7H,5H2,1-4H3. The van der Waals surface area contributed by atoms with Crippen molar-refractivity contribution in [1.82, 2.24) is 0 Å². The van der Waals surface area contributed by atoms with Gasteiger partial charge in [0.05, 0.1) is 13.2 Å². The number of rotatable bonds is 2. The predicted molar refractivity (Wildman–Crippen MR) is 45.2 cm³/mol. The van der Waals surface area contributed by atoms with Gasteiger partial charge in [0, 0.05) is 0 Å². The van der Waals surface area contributed by atoms with Crippen molar-refractivity contribution in [2.45, 2.75) is 27.2 Å². The van der Waals surface area contributed by atoms with E-state index in [1.807, 2.05) is 26.8 Å². The quantitative estimate of drug-likeness (QED) is 0.591. The summed E-state index contributed by atoms with van der Waals surface area (Å²) in [6.07, 6.45) is 0.538. The lowest BCUT2D eigenvalue weighted by molar-refractivity contribution is -0.144. The molecule has 3 nitrogen and oxygen atoms in total. The van der Waals surface area contributed by atoms with Gasteiger partial charge in [-0.15, -0.1) is 0 Å². The molecule has 12 heavy (non-hydrogen) atoms. The Balaban J connectivity index is 4.22. The minimum atomic E-state index is -0.630. The highest BCUT2D eigenvalue weighted by Gasteiger charge is 2.24. The average molecular weight is 169 g/mol. The first kappa shape index (κ1) is 11.0. The summed E-state index contributed by atoms with van der Waals surface area (Å²) in [6, 6.07) is 1.93. The summed E-state index contributed by atoms with van der Waals surface area (Å²) in [5, 5.41) is 8.64. The van der Waals surface area contributed by atoms with Crippen molar-refractivity contribution < 1.29 is 9.53 Å². The molecule has 1 atom stereocenters. The van der Waals surface area contributed by atoms with Crippen LogP contribution in [0.4, 0.5) is 0 Å². The Morgan fingerprint density at radius 3 is 2.33 bits per heavy atom. The third-order valence-corrected chi connectivity index (χ3v) is 1.46. The van der Waals surface area contributed by atoms with Crippen molar-refractivity contribution in [3.05, 3.63) is 0 Å². The molecule has 0 fully saturated rings. The number of carbonyl (C=O) groups is 1. The van der Waals surface area contributed by atoms with Crippen LogP contribution in [0.3, 0.4) is 0 Å². The maximum Gasteiger partial charge on any atom is 0.323 e. The molecule has 0 bridgehead atoms. The number of nitrogens with zero attached hydrogens (tertiary/aromatic N) is 1. The average Bonchev–Trinajstić information content (AvgIpc) is 1.97. The van der Waals surface area contributed by atoms with Gasteiger partial charge in [0.15, 0.2) is 0 Å². The van der Waals surface area contributed by atoms with E-state index in [4.69, 9.17) is 5.26 Å². The summed E-state index contributed by atoms with van der Waals surface area (Å²) in [5.41, 5.74) is -0.0193. The van der Waals surface area contributed by atoms with Crippen molar-refractivity contribution in [1.29, 1.82) is 5.26 Å². The van der Waals surface area contributed by atoms with Gasteiger partial charge < -0.3 is 4.74 Å². The van der Waals surface area contributed by atoms with Crippen LogP contribution in [0, 0.1) is 22.7 Å². The van der Waals surface area contributed by atoms with Crippen LogP contribution in [0.2, 0.25) is 0 Å². The molecule has 0 saturated carbocycles. The fourth-order valence-electron chi connectivity index (χ4n) is 0.936. The Hall–Kier alpha value is -1.04. The lowest BCUT2D eigenvalue weighted by Gasteiger charge is -2.19. The monoisotopic (exact) mass is 169 g/mol. The van der Waals surface area contributed by atoms with E-state index < -0.39 is 11.9 Å². The van der Waals surface area contributed by atoms with Crippen LogP contribution in [0.5, 0.6) is 0 Å². The van der Waals surface area contributed by atoms with Gasteiger partial charge in [0.1, 0.15) is 5.92 Å². The third kappa shape index (κ3) is 3.97. The lowest BCUT2D eigenvalue weighted by Crippen LogP contribution is -2.20. The van der Waals surface area contributed by atoms with Gasteiger partial charge in [0.2, 0.25) is 0 Å². The molecule has 0 spiro atoms. The molecule has 0 N–H and O–H groups in total. The zero-order chi connectivity index (χ0) is 9.78. The first-order valence-electron chi connectivity index (χ1n) is 3.88. The van der Waals surface area contributed by atoms with E-state index in [0.717, 1.165) is 0 Å². The first-order valence-corrected chi connectivity index (χ1v) is 3.88. The van der Waals surface area contributed by atoms with Gasteiger partial charge in [-0.1, -0.05) is 20.8 Å². The van der Waals surface area contributed by atoms with Gasteiger partial charge in [0.25, 0.3) is 0 Å². The maximum absolute atomic E-state index is 11.0. The van der Waals surface area contributed by atoms with E-state index in [9.17, 15) is 4.79 Å². The maximum atomic E-state index is 11.0. The number of ether oxygens (including phenoxy) is 1. The Morgan fingerprint density at radius 1 is 1.58 bits per heavy atom. The van der Waals surface area contributed by atoms with Crippen LogP contribution >= 0.6 is 0 Å². The normalized spacial score (nSPS) is 13.2. The topological polar surface area (TPSA) is 50.1 Å². The number of esters is 1. The molecule has 0 radical (unpaired) electrons. The Kier molecular flexibility index (Phi) is 3.75. The predicted octanol–water partition coefficient (Wildman–Crippen LogP) is 1.74. The van der Waals surface area contributed by atoms with Crippen LogP contribution in [-0.4, -0.2) is 13.1 Å². The van der Waals surface area contributed by atoms with Crippen molar-refractivity contribution in [3.8, 4) is 6.07 Å². The van der Waals surface area contributed by atoms with Gasteiger partial charge in [-0.2, -0.15) is 5.26 Å². The second kappa shape index (κ2) is 4.10. The lowest BCUT2D eigenvalue weighted by atomic mass is 9.85. The second-order valence-corrected chi connectivity index (χ2v) is 3.97. The molecule has 0 heterocycles. The molecule has 0 aromatic carbocycles. The number of carbonyl (C=O) groups excluding carboxylic acids is 1. The van der Waals surface area contributed by atoms with E-state index in [1.54, 1.807) is 0 Å². The number of nitriles is 1. The summed E-state index contributed by atoms with van der Waals surface area (Å²) in [4.78, 5) is 11.0. The van der Waals surface area contributed by atoms with Crippen LogP contribution in [-0.2, 0) is 9.53 Å². The Morgan fingerprint density at radius 2 is 2.08 bits per heavy atom. The summed E-state index contributed by atoms with van der Waals surface area (Å²) >= 11 is 0. The molecule has 0 amide bonds. The SMILES string of the molecule is COC(=O)C(C#N)CC(C)(C)C. The molecule has 0 aromatic heterocycles. The Bertz CT molecular complexity index is 198. The molecular weight excluding hydrogens is 154 g/mol. The smallest absolute Gasteiger partial charge is 0.323 e. The first-order chi connectivity index (χ1) is 5.40. The summed E-state index contributed by atoms with van der Waals surface area (Å²) < 4.78 is 4.49. The van der Waals surface area contributed by atoms with Crippen LogP contribution in [0.25, 0.3) is 0 Å². The summed E-state index contributed by atoms with van der Waals surface area (Å²) in [7, 11) is 1.30. The van der Waals surface area contributed by atoms with Gasteiger partial charge >= 0.3 is 5.97 Å². The molecule has 0 aliphatic heterocycles. The molecular formula is C9H15NO2. The number of methoxy groups -OCH3 is 1. The van der Waals surface area contributed by atoms with E-state index in [0.29, 0.717) is 6.42 Å². The number of hydrogen-bond donors (Lipinski definition) is 0. The molecule has 0 aliphatic rings. The van der Waals surface area contributed by atoms with Crippen molar-refractivity contribution in [2.75, 3.05) is 7.11 Å². The zero-order valence-electron chi connectivity index (χ0n) is 8.05. The molecule has 1 unspecified atom stereocenters. The fourth-order valence-corrected chi connectivity index (χ4v) is 0.936. The highest BCUT2D eigenvalue weighted by molar-refractivity contribution is 5.75. The van der Waals surface area contributed by atoms with Gasteiger partial charge in [-0.3, -0.25) is 4.79 Å². The Labute approximate surface area is 73.3 Å². The fraction of sp³-hybridized carbons (Fsp3) is 0.778. The van der Waals surface area contributed by atoms with Gasteiger partial charge in [-0.25, -0.2) is 0 Å². The van der Waals surface area contributed by atoms with Crippen LogP contribution < -0.4 is 0 Å². The van der Waals surface area contributed by atoms with Crippen molar-refractivity contribution >= 4 is 5.97 Å². The third-order valence-electron chi connectivity index (χ3n) is 1.46. The molecule has 3 heteroatoms. The van der Waals surface area contributed by atoms with Crippen molar-refractivity contribution in [3.63, 3.8) is 0 Å². The molecule has 68 valence electrons. The minimum absolute atomic E-state index is 0.0193. The van der Waals surface area contributed by atoms with E-state index in [2.05, 4.69) is 4.74 Å². The molecule has 0 aliphatic carbocycles.